The molecule has 2 amide bonds. The number of carbonyl (C=O) groups is 1. The number of hydrogen-bond acceptors (Lipinski definition) is 3. The number of aromatic nitrogens is 1. The Kier molecular flexibility index (Phi) is 4.79. The van der Waals surface area contributed by atoms with Crippen LogP contribution in [0.25, 0.3) is 11.1 Å². The maximum atomic E-state index is 13.2. The molecular weight excluding hydrogens is 386 g/mol. The number of hydrogen-bond donors (Lipinski definition) is 1. The molecule has 1 aromatic heterocycles. The monoisotopic (exact) mass is 409 g/mol. The number of nitrogens with one attached hydrogen (secondary N) is 1. The van der Waals surface area contributed by atoms with Crippen molar-refractivity contribution in [2.24, 2.45) is 0 Å². The first-order chi connectivity index (χ1) is 15.1. The van der Waals surface area contributed by atoms with Crippen molar-refractivity contribution in [2.75, 3.05) is 5.32 Å². The standard InChI is InChI=1S/C26H23N3O2/c1-17-24(18(2)31-28-17)21-13-14-23-22(15-21)25(20-11-7-4-8-12-20)29(26(30)27-23)16-19-9-5-3-6-10-19/h3-15,25H,16H2,1-2H3,(H,27,30). The van der Waals surface area contributed by atoms with E-state index < -0.39 is 0 Å². The van der Waals surface area contributed by atoms with Crippen molar-refractivity contribution in [3.05, 3.63) is 107 Å². The number of carbonyl (C=O) groups excluding carboxylic acids is 1. The van der Waals surface area contributed by atoms with Gasteiger partial charge in [-0.15, -0.1) is 0 Å². The van der Waals surface area contributed by atoms with Crippen LogP contribution >= 0.6 is 0 Å². The summed E-state index contributed by atoms with van der Waals surface area (Å²) in [5.74, 6) is 0.787. The van der Waals surface area contributed by atoms with Crippen LogP contribution in [0, 0.1) is 13.8 Å². The molecule has 31 heavy (non-hydrogen) atoms. The van der Waals surface area contributed by atoms with Crippen molar-refractivity contribution in [3.8, 4) is 11.1 Å². The van der Waals surface area contributed by atoms with Gasteiger partial charge in [-0.25, -0.2) is 4.79 Å². The first-order valence-electron chi connectivity index (χ1n) is 10.4. The van der Waals surface area contributed by atoms with Gasteiger partial charge in [0.25, 0.3) is 0 Å². The molecule has 154 valence electrons. The van der Waals surface area contributed by atoms with Gasteiger partial charge in [-0.1, -0.05) is 71.9 Å². The number of benzene rings is 3. The molecule has 0 saturated heterocycles. The molecule has 0 spiro atoms. The van der Waals surface area contributed by atoms with Gasteiger partial charge in [0, 0.05) is 23.4 Å². The molecule has 1 N–H and O–H groups in total. The van der Waals surface area contributed by atoms with Crippen molar-refractivity contribution < 1.29 is 9.32 Å². The third-order valence-corrected chi connectivity index (χ3v) is 5.79. The Morgan fingerprint density at radius 3 is 2.35 bits per heavy atom. The number of rotatable bonds is 4. The van der Waals surface area contributed by atoms with Gasteiger partial charge in [0.1, 0.15) is 5.76 Å². The van der Waals surface area contributed by atoms with E-state index in [0.29, 0.717) is 6.54 Å². The van der Waals surface area contributed by atoms with E-state index in [1.165, 1.54) is 0 Å². The average Bonchev–Trinajstić information content (AvgIpc) is 3.13. The van der Waals surface area contributed by atoms with Gasteiger partial charge in [-0.05, 0) is 42.7 Å². The Hall–Kier alpha value is -3.86. The second-order valence-corrected chi connectivity index (χ2v) is 7.86. The molecule has 5 heteroatoms. The first kappa shape index (κ1) is 19.1. The number of urea groups is 1. The first-order valence-corrected chi connectivity index (χ1v) is 10.4. The zero-order valence-corrected chi connectivity index (χ0v) is 17.5. The third-order valence-electron chi connectivity index (χ3n) is 5.79. The maximum Gasteiger partial charge on any atom is 0.322 e. The largest absolute Gasteiger partial charge is 0.361 e. The van der Waals surface area contributed by atoms with E-state index in [1.807, 2.05) is 79.4 Å². The molecule has 0 saturated carbocycles. The summed E-state index contributed by atoms with van der Waals surface area (Å²) < 4.78 is 5.39. The highest BCUT2D eigenvalue weighted by Crippen LogP contribution is 2.41. The Balaban J connectivity index is 1.65. The summed E-state index contributed by atoms with van der Waals surface area (Å²) in [6.45, 7) is 4.39. The molecule has 0 fully saturated rings. The topological polar surface area (TPSA) is 58.4 Å². The number of amides is 2. The molecule has 5 nitrogen and oxygen atoms in total. The highest BCUT2D eigenvalue weighted by molar-refractivity contribution is 5.94. The minimum Gasteiger partial charge on any atom is -0.361 e. The van der Waals surface area contributed by atoms with Crippen molar-refractivity contribution in [3.63, 3.8) is 0 Å². The van der Waals surface area contributed by atoms with Crippen molar-refractivity contribution in [2.45, 2.75) is 26.4 Å². The average molecular weight is 409 g/mol. The Labute approximate surface area is 181 Å². The van der Waals surface area contributed by atoms with E-state index in [0.717, 1.165) is 45.0 Å². The van der Waals surface area contributed by atoms with Gasteiger partial charge >= 0.3 is 6.03 Å². The quantitative estimate of drug-likeness (QED) is 0.443. The summed E-state index contributed by atoms with van der Waals surface area (Å²) in [5, 5.41) is 7.19. The summed E-state index contributed by atoms with van der Waals surface area (Å²) >= 11 is 0. The van der Waals surface area contributed by atoms with Crippen molar-refractivity contribution in [1.82, 2.24) is 10.1 Å². The van der Waals surface area contributed by atoms with Crippen LogP contribution < -0.4 is 5.32 Å². The molecule has 1 unspecified atom stereocenters. The second-order valence-electron chi connectivity index (χ2n) is 7.86. The Morgan fingerprint density at radius 2 is 1.68 bits per heavy atom. The van der Waals surface area contributed by atoms with Crippen LogP contribution in [0.2, 0.25) is 0 Å². The zero-order valence-electron chi connectivity index (χ0n) is 17.5. The number of fused-ring (bicyclic) bond motifs is 1. The molecule has 0 bridgehead atoms. The Morgan fingerprint density at radius 1 is 0.968 bits per heavy atom. The summed E-state index contributed by atoms with van der Waals surface area (Å²) in [7, 11) is 0. The van der Waals surface area contributed by atoms with Gasteiger partial charge in [0.2, 0.25) is 0 Å². The molecule has 2 heterocycles. The normalized spacial score (nSPS) is 15.5. The van der Waals surface area contributed by atoms with E-state index in [4.69, 9.17) is 4.52 Å². The van der Waals surface area contributed by atoms with Crippen LogP contribution in [-0.2, 0) is 6.54 Å². The van der Waals surface area contributed by atoms with Gasteiger partial charge in [-0.2, -0.15) is 0 Å². The highest BCUT2D eigenvalue weighted by Gasteiger charge is 2.34. The summed E-state index contributed by atoms with van der Waals surface area (Å²) in [5.41, 5.74) is 6.94. The molecule has 1 atom stereocenters. The lowest BCUT2D eigenvalue weighted by molar-refractivity contribution is 0.191. The minimum atomic E-state index is -0.203. The SMILES string of the molecule is Cc1noc(C)c1-c1ccc2c(c1)C(c1ccccc1)N(Cc1ccccc1)C(=O)N2. The van der Waals surface area contributed by atoms with Crippen LogP contribution in [0.15, 0.2) is 83.4 Å². The fourth-order valence-corrected chi connectivity index (χ4v) is 4.36. The lowest BCUT2D eigenvalue weighted by Gasteiger charge is -2.38. The van der Waals surface area contributed by atoms with E-state index in [9.17, 15) is 4.79 Å². The molecule has 3 aromatic carbocycles. The molecule has 5 rings (SSSR count). The molecule has 0 radical (unpaired) electrons. The highest BCUT2D eigenvalue weighted by atomic mass is 16.5. The lowest BCUT2D eigenvalue weighted by atomic mass is 9.90. The molecule has 4 aromatic rings. The van der Waals surface area contributed by atoms with E-state index in [1.54, 1.807) is 0 Å². The maximum absolute atomic E-state index is 13.2. The fraction of sp³-hybridized carbons (Fsp3) is 0.154. The summed E-state index contributed by atoms with van der Waals surface area (Å²) in [6.07, 6.45) is 0. The molecule has 0 aliphatic carbocycles. The van der Waals surface area contributed by atoms with E-state index in [-0.39, 0.29) is 12.1 Å². The number of aryl methyl sites for hydroxylation is 2. The zero-order chi connectivity index (χ0) is 21.4. The molecular formula is C26H23N3O2. The van der Waals surface area contributed by atoms with Gasteiger partial charge in [-0.3, -0.25) is 0 Å². The van der Waals surface area contributed by atoms with Crippen LogP contribution in [0.5, 0.6) is 0 Å². The van der Waals surface area contributed by atoms with Gasteiger partial charge < -0.3 is 14.7 Å². The number of nitrogens with zero attached hydrogens (tertiary/aromatic N) is 2. The van der Waals surface area contributed by atoms with Crippen LogP contribution in [0.3, 0.4) is 0 Å². The third kappa shape index (κ3) is 3.48. The smallest absolute Gasteiger partial charge is 0.322 e. The second kappa shape index (κ2) is 7.76. The predicted octanol–water partition coefficient (Wildman–Crippen LogP) is 6.10. The Bertz CT molecular complexity index is 1210. The summed E-state index contributed by atoms with van der Waals surface area (Å²) in [6, 6.07) is 26.1. The van der Waals surface area contributed by atoms with Gasteiger partial charge in [0.05, 0.1) is 11.7 Å². The minimum absolute atomic E-state index is 0.102. The molecule has 1 aliphatic heterocycles. The van der Waals surface area contributed by atoms with Crippen molar-refractivity contribution in [1.29, 1.82) is 0 Å². The van der Waals surface area contributed by atoms with E-state index in [2.05, 4.69) is 28.7 Å². The predicted molar refractivity (Wildman–Crippen MR) is 121 cm³/mol. The van der Waals surface area contributed by atoms with Gasteiger partial charge in [0.15, 0.2) is 0 Å². The van der Waals surface area contributed by atoms with Crippen LogP contribution in [0.4, 0.5) is 10.5 Å². The summed E-state index contributed by atoms with van der Waals surface area (Å²) in [4.78, 5) is 15.0. The lowest BCUT2D eigenvalue weighted by Crippen LogP contribution is -2.42. The van der Waals surface area contributed by atoms with Crippen LogP contribution in [0.1, 0.15) is 34.2 Å². The molecule has 1 aliphatic rings. The fourth-order valence-electron chi connectivity index (χ4n) is 4.36. The van der Waals surface area contributed by atoms with E-state index >= 15 is 0 Å². The number of anilines is 1. The van der Waals surface area contributed by atoms with Crippen LogP contribution in [-0.4, -0.2) is 16.1 Å². The van der Waals surface area contributed by atoms with Crippen molar-refractivity contribution >= 4 is 11.7 Å².